The summed E-state index contributed by atoms with van der Waals surface area (Å²) in [6, 6.07) is 14.7. The first-order chi connectivity index (χ1) is 13.4. The maximum atomic E-state index is 12.6. The fraction of sp³-hybridized carbons (Fsp3) is 0.182. The standard InChI is InChI=1S/C22H22ClN3O2/c1-14(2)28-21-7-5-4-6-20(21)25-18-11-16(12-24-13-18)22(27)26-19-9-8-17(23)10-15(19)3/h4-14,25H,1-3H3,(H,26,27). The summed E-state index contributed by atoms with van der Waals surface area (Å²) in [4.78, 5) is 16.8. The van der Waals surface area contributed by atoms with Crippen molar-refractivity contribution in [3.8, 4) is 5.75 Å². The summed E-state index contributed by atoms with van der Waals surface area (Å²) >= 11 is 5.97. The molecule has 1 amide bonds. The summed E-state index contributed by atoms with van der Waals surface area (Å²) < 4.78 is 5.82. The Bertz CT molecular complexity index is 989. The zero-order valence-corrected chi connectivity index (χ0v) is 16.7. The van der Waals surface area contributed by atoms with Crippen molar-refractivity contribution in [2.75, 3.05) is 10.6 Å². The van der Waals surface area contributed by atoms with Gasteiger partial charge in [-0.05, 0) is 62.7 Å². The minimum absolute atomic E-state index is 0.0563. The minimum atomic E-state index is -0.242. The molecule has 0 fully saturated rings. The van der Waals surface area contributed by atoms with Crippen LogP contribution >= 0.6 is 11.6 Å². The molecule has 3 aromatic rings. The molecule has 0 saturated carbocycles. The van der Waals surface area contributed by atoms with Gasteiger partial charge in [0.1, 0.15) is 5.75 Å². The molecule has 1 aromatic heterocycles. The van der Waals surface area contributed by atoms with Crippen LogP contribution in [0.1, 0.15) is 29.8 Å². The molecule has 6 heteroatoms. The number of para-hydroxylation sites is 2. The van der Waals surface area contributed by atoms with Crippen LogP contribution in [0.4, 0.5) is 17.1 Å². The van der Waals surface area contributed by atoms with E-state index in [9.17, 15) is 4.79 Å². The molecule has 0 unspecified atom stereocenters. The van der Waals surface area contributed by atoms with E-state index in [4.69, 9.17) is 16.3 Å². The van der Waals surface area contributed by atoms with E-state index in [1.54, 1.807) is 30.5 Å². The Morgan fingerprint density at radius 2 is 1.86 bits per heavy atom. The Balaban J connectivity index is 1.78. The molecule has 3 rings (SSSR count). The summed E-state index contributed by atoms with van der Waals surface area (Å²) in [5.74, 6) is 0.498. The van der Waals surface area contributed by atoms with Crippen molar-refractivity contribution in [2.24, 2.45) is 0 Å². The van der Waals surface area contributed by atoms with Crippen molar-refractivity contribution >= 4 is 34.6 Å². The number of nitrogens with one attached hydrogen (secondary N) is 2. The minimum Gasteiger partial charge on any atom is -0.489 e. The molecule has 28 heavy (non-hydrogen) atoms. The predicted molar refractivity (Wildman–Crippen MR) is 114 cm³/mol. The summed E-state index contributed by atoms with van der Waals surface area (Å²) in [5, 5.41) is 6.79. The Labute approximate surface area is 169 Å². The lowest BCUT2D eigenvalue weighted by molar-refractivity contribution is 0.102. The number of aryl methyl sites for hydroxylation is 1. The molecule has 0 bridgehead atoms. The van der Waals surface area contributed by atoms with Gasteiger partial charge in [-0.3, -0.25) is 9.78 Å². The van der Waals surface area contributed by atoms with Crippen molar-refractivity contribution in [1.82, 2.24) is 4.98 Å². The van der Waals surface area contributed by atoms with E-state index in [2.05, 4.69) is 15.6 Å². The molecule has 0 radical (unpaired) electrons. The molecule has 2 N–H and O–H groups in total. The highest BCUT2D eigenvalue weighted by Crippen LogP contribution is 2.28. The Morgan fingerprint density at radius 1 is 1.07 bits per heavy atom. The average molecular weight is 396 g/mol. The van der Waals surface area contributed by atoms with E-state index in [1.165, 1.54) is 6.20 Å². The molecule has 5 nitrogen and oxygen atoms in total. The lowest BCUT2D eigenvalue weighted by atomic mass is 10.2. The summed E-state index contributed by atoms with van der Waals surface area (Å²) in [6.07, 6.45) is 3.25. The molecule has 1 heterocycles. The molecule has 0 aliphatic carbocycles. The van der Waals surface area contributed by atoms with Crippen LogP contribution in [0.5, 0.6) is 5.75 Å². The molecular weight excluding hydrogens is 374 g/mol. The largest absolute Gasteiger partial charge is 0.489 e. The van der Waals surface area contributed by atoms with Gasteiger partial charge >= 0.3 is 0 Å². The van der Waals surface area contributed by atoms with E-state index >= 15 is 0 Å². The number of amides is 1. The summed E-state index contributed by atoms with van der Waals surface area (Å²) in [6.45, 7) is 5.84. The SMILES string of the molecule is Cc1cc(Cl)ccc1NC(=O)c1cncc(Nc2ccccc2OC(C)C)c1. The first-order valence-electron chi connectivity index (χ1n) is 8.97. The second kappa shape index (κ2) is 8.76. The number of nitrogens with zero attached hydrogens (tertiary/aromatic N) is 1. The highest BCUT2D eigenvalue weighted by Gasteiger charge is 2.11. The van der Waals surface area contributed by atoms with Crippen LogP contribution < -0.4 is 15.4 Å². The van der Waals surface area contributed by atoms with Gasteiger partial charge in [0.15, 0.2) is 0 Å². The first kappa shape index (κ1) is 19.7. The molecule has 0 aliphatic rings. The van der Waals surface area contributed by atoms with Crippen LogP contribution in [0.25, 0.3) is 0 Å². The zero-order valence-electron chi connectivity index (χ0n) is 16.0. The molecule has 0 aliphatic heterocycles. The van der Waals surface area contributed by atoms with E-state index in [1.807, 2.05) is 45.0 Å². The van der Waals surface area contributed by atoms with Gasteiger partial charge in [0.05, 0.1) is 29.2 Å². The van der Waals surface area contributed by atoms with E-state index < -0.39 is 0 Å². The number of ether oxygens (including phenoxy) is 1. The lowest BCUT2D eigenvalue weighted by Gasteiger charge is -2.15. The number of aromatic nitrogens is 1. The molecule has 0 saturated heterocycles. The summed E-state index contributed by atoms with van der Waals surface area (Å²) in [7, 11) is 0. The number of anilines is 3. The predicted octanol–water partition coefficient (Wildman–Crippen LogP) is 5.83. The highest BCUT2D eigenvalue weighted by molar-refractivity contribution is 6.30. The van der Waals surface area contributed by atoms with Crippen LogP contribution in [0.3, 0.4) is 0 Å². The van der Waals surface area contributed by atoms with Crippen LogP contribution in [0, 0.1) is 6.92 Å². The van der Waals surface area contributed by atoms with Gasteiger partial charge in [0.25, 0.3) is 5.91 Å². The van der Waals surface area contributed by atoms with Gasteiger partial charge < -0.3 is 15.4 Å². The quantitative estimate of drug-likeness (QED) is 0.551. The Morgan fingerprint density at radius 3 is 2.61 bits per heavy atom. The van der Waals surface area contributed by atoms with E-state index in [0.29, 0.717) is 22.0 Å². The Kier molecular flexibility index (Phi) is 6.16. The van der Waals surface area contributed by atoms with Crippen molar-refractivity contribution < 1.29 is 9.53 Å². The van der Waals surface area contributed by atoms with Gasteiger partial charge in [-0.2, -0.15) is 0 Å². The average Bonchev–Trinajstić information content (AvgIpc) is 2.65. The maximum absolute atomic E-state index is 12.6. The third kappa shape index (κ3) is 5.02. The second-order valence-corrected chi connectivity index (χ2v) is 7.10. The summed E-state index contributed by atoms with van der Waals surface area (Å²) in [5.41, 5.74) is 3.55. The number of carbonyl (C=O) groups excluding carboxylic acids is 1. The lowest BCUT2D eigenvalue weighted by Crippen LogP contribution is -2.13. The number of halogens is 1. The van der Waals surface area contributed by atoms with Gasteiger partial charge in [-0.25, -0.2) is 0 Å². The number of pyridine rings is 1. The monoisotopic (exact) mass is 395 g/mol. The van der Waals surface area contributed by atoms with Crippen molar-refractivity contribution in [3.63, 3.8) is 0 Å². The van der Waals surface area contributed by atoms with Crippen LogP contribution in [-0.2, 0) is 0 Å². The molecule has 0 atom stereocenters. The van der Waals surface area contributed by atoms with Crippen LogP contribution in [-0.4, -0.2) is 17.0 Å². The number of carbonyl (C=O) groups is 1. The topological polar surface area (TPSA) is 63.2 Å². The Hall–Kier alpha value is -3.05. The van der Waals surface area contributed by atoms with Gasteiger partial charge in [0, 0.05) is 16.9 Å². The fourth-order valence-electron chi connectivity index (χ4n) is 2.68. The fourth-order valence-corrected chi connectivity index (χ4v) is 2.90. The number of benzene rings is 2. The van der Waals surface area contributed by atoms with Gasteiger partial charge in [0.2, 0.25) is 0 Å². The van der Waals surface area contributed by atoms with E-state index in [0.717, 1.165) is 17.0 Å². The van der Waals surface area contributed by atoms with Crippen LogP contribution in [0.2, 0.25) is 5.02 Å². The molecule has 144 valence electrons. The molecule has 0 spiro atoms. The first-order valence-corrected chi connectivity index (χ1v) is 9.35. The molecule has 2 aromatic carbocycles. The smallest absolute Gasteiger partial charge is 0.257 e. The van der Waals surface area contributed by atoms with Crippen molar-refractivity contribution in [1.29, 1.82) is 0 Å². The van der Waals surface area contributed by atoms with E-state index in [-0.39, 0.29) is 12.0 Å². The maximum Gasteiger partial charge on any atom is 0.257 e. The van der Waals surface area contributed by atoms with Crippen molar-refractivity contribution in [2.45, 2.75) is 26.9 Å². The van der Waals surface area contributed by atoms with Crippen LogP contribution in [0.15, 0.2) is 60.9 Å². The number of rotatable bonds is 6. The third-order valence-electron chi connectivity index (χ3n) is 3.97. The number of hydrogen-bond donors (Lipinski definition) is 2. The molecular formula is C22H22ClN3O2. The zero-order chi connectivity index (χ0) is 20.1. The van der Waals surface area contributed by atoms with Gasteiger partial charge in [-0.15, -0.1) is 0 Å². The highest BCUT2D eigenvalue weighted by atomic mass is 35.5. The second-order valence-electron chi connectivity index (χ2n) is 6.66. The third-order valence-corrected chi connectivity index (χ3v) is 4.20. The van der Waals surface area contributed by atoms with Gasteiger partial charge in [-0.1, -0.05) is 23.7 Å². The number of hydrogen-bond acceptors (Lipinski definition) is 4. The normalized spacial score (nSPS) is 10.6. The van der Waals surface area contributed by atoms with Crippen molar-refractivity contribution in [3.05, 3.63) is 77.1 Å².